The number of fused-ring (bicyclic) bond motifs is 1. The first kappa shape index (κ1) is 13.2. The van der Waals surface area contributed by atoms with E-state index in [0.29, 0.717) is 11.1 Å². The standard InChI is InChI=1S/C16H14N2O3/c1-9(10-5-2-3-8-13(10)19)18-15(20)11-6-4-7-12(17)14(11)16(18)21/h2-9,19H,17H2,1H3. The Kier molecular flexibility index (Phi) is 2.90. The topological polar surface area (TPSA) is 83.6 Å². The molecule has 0 fully saturated rings. The number of para-hydroxylation sites is 1. The lowest BCUT2D eigenvalue weighted by Crippen LogP contribution is -2.32. The van der Waals surface area contributed by atoms with Gasteiger partial charge in [0.25, 0.3) is 11.8 Å². The summed E-state index contributed by atoms with van der Waals surface area (Å²) in [4.78, 5) is 26.1. The van der Waals surface area contributed by atoms with E-state index < -0.39 is 17.9 Å². The normalized spacial score (nSPS) is 15.2. The van der Waals surface area contributed by atoms with E-state index in [0.717, 1.165) is 4.90 Å². The quantitative estimate of drug-likeness (QED) is 0.654. The SMILES string of the molecule is CC(c1ccccc1O)N1C(=O)c2cccc(N)c2C1=O. The monoisotopic (exact) mass is 282 g/mol. The fraction of sp³-hybridized carbons (Fsp3) is 0.125. The van der Waals surface area contributed by atoms with E-state index in [1.165, 1.54) is 6.07 Å². The molecule has 2 aromatic rings. The second-order valence-electron chi connectivity index (χ2n) is 4.98. The van der Waals surface area contributed by atoms with Crippen molar-refractivity contribution in [3.63, 3.8) is 0 Å². The van der Waals surface area contributed by atoms with E-state index in [1.807, 2.05) is 0 Å². The van der Waals surface area contributed by atoms with Crippen LogP contribution in [-0.4, -0.2) is 21.8 Å². The number of amides is 2. The molecule has 5 nitrogen and oxygen atoms in total. The largest absolute Gasteiger partial charge is 0.508 e. The number of nitrogens with two attached hydrogens (primary N) is 1. The van der Waals surface area contributed by atoms with Gasteiger partial charge in [-0.2, -0.15) is 0 Å². The fourth-order valence-corrected chi connectivity index (χ4v) is 2.66. The lowest BCUT2D eigenvalue weighted by molar-refractivity contribution is 0.0594. The van der Waals surface area contributed by atoms with Crippen molar-refractivity contribution in [2.24, 2.45) is 0 Å². The first-order chi connectivity index (χ1) is 10.0. The molecule has 0 aliphatic carbocycles. The Morgan fingerprint density at radius 2 is 1.76 bits per heavy atom. The smallest absolute Gasteiger partial charge is 0.264 e. The van der Waals surface area contributed by atoms with Crippen molar-refractivity contribution in [2.75, 3.05) is 5.73 Å². The minimum atomic E-state index is -0.571. The Bertz CT molecular complexity index is 755. The van der Waals surface area contributed by atoms with Crippen LogP contribution in [0.3, 0.4) is 0 Å². The third-order valence-corrected chi connectivity index (χ3v) is 3.75. The van der Waals surface area contributed by atoms with Gasteiger partial charge in [0.2, 0.25) is 0 Å². The highest BCUT2D eigenvalue weighted by Crippen LogP contribution is 2.36. The number of carbonyl (C=O) groups is 2. The number of imide groups is 1. The molecule has 0 spiro atoms. The Morgan fingerprint density at radius 1 is 1.05 bits per heavy atom. The number of benzene rings is 2. The predicted molar refractivity (Wildman–Crippen MR) is 77.9 cm³/mol. The Morgan fingerprint density at radius 3 is 2.43 bits per heavy atom. The molecule has 3 rings (SSSR count). The van der Waals surface area contributed by atoms with Gasteiger partial charge < -0.3 is 10.8 Å². The van der Waals surface area contributed by atoms with Crippen molar-refractivity contribution < 1.29 is 14.7 Å². The van der Waals surface area contributed by atoms with Crippen LogP contribution < -0.4 is 5.73 Å². The molecule has 21 heavy (non-hydrogen) atoms. The molecule has 1 aliphatic heterocycles. The van der Waals surface area contributed by atoms with Gasteiger partial charge in [-0.3, -0.25) is 14.5 Å². The van der Waals surface area contributed by atoms with E-state index >= 15 is 0 Å². The maximum Gasteiger partial charge on any atom is 0.264 e. The number of carbonyl (C=O) groups excluding carboxylic acids is 2. The van der Waals surface area contributed by atoms with Crippen molar-refractivity contribution in [2.45, 2.75) is 13.0 Å². The maximum absolute atomic E-state index is 12.5. The minimum absolute atomic E-state index is 0.0505. The summed E-state index contributed by atoms with van der Waals surface area (Å²) in [5, 5.41) is 9.91. The van der Waals surface area contributed by atoms with Crippen LogP contribution in [0.4, 0.5) is 5.69 Å². The molecule has 1 heterocycles. The summed E-state index contributed by atoms with van der Waals surface area (Å²) in [5.41, 5.74) is 7.16. The van der Waals surface area contributed by atoms with Crippen LogP contribution in [0.25, 0.3) is 0 Å². The molecule has 0 saturated carbocycles. The maximum atomic E-state index is 12.5. The average Bonchev–Trinajstić information content (AvgIpc) is 2.72. The number of nitrogens with zero attached hydrogens (tertiary/aromatic N) is 1. The second-order valence-corrected chi connectivity index (χ2v) is 4.98. The van der Waals surface area contributed by atoms with Gasteiger partial charge in [0.05, 0.1) is 17.2 Å². The predicted octanol–water partition coefficient (Wildman–Crippen LogP) is 2.33. The van der Waals surface area contributed by atoms with Gasteiger partial charge in [0.15, 0.2) is 0 Å². The first-order valence-corrected chi connectivity index (χ1v) is 6.56. The van der Waals surface area contributed by atoms with Gasteiger partial charge in [0, 0.05) is 11.3 Å². The van der Waals surface area contributed by atoms with Crippen molar-refractivity contribution in [1.82, 2.24) is 4.90 Å². The van der Waals surface area contributed by atoms with Gasteiger partial charge in [-0.15, -0.1) is 0 Å². The lowest BCUT2D eigenvalue weighted by Gasteiger charge is -2.23. The average molecular weight is 282 g/mol. The van der Waals surface area contributed by atoms with E-state index in [-0.39, 0.29) is 17.0 Å². The van der Waals surface area contributed by atoms with Gasteiger partial charge >= 0.3 is 0 Å². The lowest BCUT2D eigenvalue weighted by atomic mass is 10.1. The first-order valence-electron chi connectivity index (χ1n) is 6.56. The second kappa shape index (κ2) is 4.63. The fourth-order valence-electron chi connectivity index (χ4n) is 2.66. The Balaban J connectivity index is 2.06. The van der Waals surface area contributed by atoms with Crippen molar-refractivity contribution in [3.05, 3.63) is 59.2 Å². The summed E-state index contributed by atoms with van der Waals surface area (Å²) < 4.78 is 0. The zero-order valence-electron chi connectivity index (χ0n) is 11.4. The minimum Gasteiger partial charge on any atom is -0.508 e. The van der Waals surface area contributed by atoms with Gasteiger partial charge in [-0.05, 0) is 25.1 Å². The van der Waals surface area contributed by atoms with Gasteiger partial charge in [-0.25, -0.2) is 0 Å². The molecule has 2 aromatic carbocycles. The molecule has 1 unspecified atom stereocenters. The molecule has 0 aromatic heterocycles. The summed E-state index contributed by atoms with van der Waals surface area (Å²) in [6.07, 6.45) is 0. The summed E-state index contributed by atoms with van der Waals surface area (Å²) >= 11 is 0. The number of phenols is 1. The van der Waals surface area contributed by atoms with Crippen LogP contribution in [-0.2, 0) is 0 Å². The van der Waals surface area contributed by atoms with E-state index in [9.17, 15) is 14.7 Å². The summed E-state index contributed by atoms with van der Waals surface area (Å²) in [7, 11) is 0. The van der Waals surface area contributed by atoms with E-state index in [4.69, 9.17) is 5.73 Å². The number of anilines is 1. The molecule has 106 valence electrons. The van der Waals surface area contributed by atoms with Crippen LogP contribution >= 0.6 is 0 Å². The third kappa shape index (κ3) is 1.86. The summed E-state index contributed by atoms with van der Waals surface area (Å²) in [5.74, 6) is -0.767. The number of aromatic hydroxyl groups is 1. The number of phenolic OH excluding ortho intramolecular Hbond substituents is 1. The number of hydrogen-bond acceptors (Lipinski definition) is 4. The highest BCUT2D eigenvalue weighted by atomic mass is 16.3. The van der Waals surface area contributed by atoms with Crippen molar-refractivity contribution in [1.29, 1.82) is 0 Å². The third-order valence-electron chi connectivity index (χ3n) is 3.75. The molecule has 1 atom stereocenters. The molecule has 0 bridgehead atoms. The molecule has 2 amide bonds. The Labute approximate surface area is 121 Å². The molecule has 3 N–H and O–H groups in total. The van der Waals surface area contributed by atoms with Crippen LogP contribution in [0.1, 0.15) is 39.2 Å². The Hall–Kier alpha value is -2.82. The molecule has 0 radical (unpaired) electrons. The van der Waals surface area contributed by atoms with Crippen molar-refractivity contribution >= 4 is 17.5 Å². The zero-order valence-corrected chi connectivity index (χ0v) is 11.4. The summed E-state index contributed by atoms with van der Waals surface area (Å²) in [6.45, 7) is 1.70. The molecule has 5 heteroatoms. The zero-order chi connectivity index (χ0) is 15.1. The summed E-state index contributed by atoms with van der Waals surface area (Å²) in [6, 6.07) is 10.9. The van der Waals surface area contributed by atoms with Gasteiger partial charge in [0.1, 0.15) is 5.75 Å². The molecular weight excluding hydrogens is 268 g/mol. The number of hydrogen-bond donors (Lipinski definition) is 2. The van der Waals surface area contributed by atoms with Crippen molar-refractivity contribution in [3.8, 4) is 5.75 Å². The highest BCUT2D eigenvalue weighted by molar-refractivity contribution is 6.23. The highest BCUT2D eigenvalue weighted by Gasteiger charge is 2.40. The van der Waals surface area contributed by atoms with Crippen LogP contribution in [0, 0.1) is 0 Å². The molecular formula is C16H14N2O3. The van der Waals surface area contributed by atoms with Crippen LogP contribution in [0.5, 0.6) is 5.75 Å². The molecule has 0 saturated heterocycles. The molecule has 1 aliphatic rings. The number of nitrogen functional groups attached to an aromatic ring is 1. The number of rotatable bonds is 2. The van der Waals surface area contributed by atoms with Crippen LogP contribution in [0.2, 0.25) is 0 Å². The van der Waals surface area contributed by atoms with Crippen LogP contribution in [0.15, 0.2) is 42.5 Å². The van der Waals surface area contributed by atoms with Gasteiger partial charge in [-0.1, -0.05) is 24.3 Å². The van der Waals surface area contributed by atoms with E-state index in [1.54, 1.807) is 43.3 Å². The van der Waals surface area contributed by atoms with E-state index in [2.05, 4.69) is 0 Å².